The van der Waals surface area contributed by atoms with Crippen molar-refractivity contribution in [2.24, 2.45) is 0 Å². The first-order valence-corrected chi connectivity index (χ1v) is 11.0. The number of amides is 1. The summed E-state index contributed by atoms with van der Waals surface area (Å²) < 4.78 is 64.9. The molecule has 0 bridgehead atoms. The van der Waals surface area contributed by atoms with E-state index in [0.717, 1.165) is 28.6 Å². The molecule has 1 fully saturated rings. The molecule has 1 saturated heterocycles. The van der Waals surface area contributed by atoms with Gasteiger partial charge in [0.15, 0.2) is 5.69 Å². The Kier molecular flexibility index (Phi) is 5.73. The lowest BCUT2D eigenvalue weighted by atomic mass is 10.2. The second-order valence-electron chi connectivity index (χ2n) is 7.07. The molecule has 0 atom stereocenters. The van der Waals surface area contributed by atoms with Crippen LogP contribution in [0.5, 0.6) is 0 Å². The van der Waals surface area contributed by atoms with Crippen LogP contribution in [-0.4, -0.2) is 64.7 Å². The molecule has 168 valence electrons. The SMILES string of the molecule is O=C(c1cnn(-c2ccccc2)n1)N1CCN(S(=O)(=O)c2ccc(C(F)(F)F)cc2)CC1. The third-order valence-electron chi connectivity index (χ3n) is 5.04. The second kappa shape index (κ2) is 8.36. The number of carbonyl (C=O) groups excluding carboxylic acids is 1. The zero-order valence-electron chi connectivity index (χ0n) is 16.6. The number of hydrogen-bond donors (Lipinski definition) is 0. The Morgan fingerprint density at radius 1 is 0.906 bits per heavy atom. The number of nitrogens with zero attached hydrogens (tertiary/aromatic N) is 5. The van der Waals surface area contributed by atoms with Gasteiger partial charge in [-0.05, 0) is 36.4 Å². The van der Waals surface area contributed by atoms with Crippen LogP contribution in [0.4, 0.5) is 13.2 Å². The summed E-state index contributed by atoms with van der Waals surface area (Å²) in [5.41, 5.74) is -0.0951. The molecular formula is C20H18F3N5O3S. The van der Waals surface area contributed by atoms with Crippen molar-refractivity contribution in [2.45, 2.75) is 11.1 Å². The van der Waals surface area contributed by atoms with Crippen LogP contribution in [-0.2, 0) is 16.2 Å². The molecule has 12 heteroatoms. The Balaban J connectivity index is 1.41. The average Bonchev–Trinajstić information content (AvgIpc) is 3.29. The Morgan fingerprint density at radius 3 is 2.12 bits per heavy atom. The predicted octanol–water partition coefficient (Wildman–Crippen LogP) is 2.43. The van der Waals surface area contributed by atoms with Gasteiger partial charge in [0.1, 0.15) is 0 Å². The molecule has 4 rings (SSSR count). The van der Waals surface area contributed by atoms with Gasteiger partial charge in [0, 0.05) is 26.2 Å². The van der Waals surface area contributed by atoms with Gasteiger partial charge in [0.05, 0.1) is 22.3 Å². The summed E-state index contributed by atoms with van der Waals surface area (Å²) in [5.74, 6) is -0.376. The number of para-hydroxylation sites is 1. The van der Waals surface area contributed by atoms with E-state index in [0.29, 0.717) is 5.69 Å². The Labute approximate surface area is 181 Å². The van der Waals surface area contributed by atoms with Gasteiger partial charge in [-0.1, -0.05) is 18.2 Å². The molecule has 0 aliphatic carbocycles. The first kappa shape index (κ1) is 22.0. The van der Waals surface area contributed by atoms with Crippen LogP contribution in [0.15, 0.2) is 65.7 Å². The summed E-state index contributed by atoms with van der Waals surface area (Å²) in [4.78, 5) is 15.3. The van der Waals surface area contributed by atoms with E-state index in [-0.39, 0.29) is 42.7 Å². The fourth-order valence-corrected chi connectivity index (χ4v) is 4.73. The van der Waals surface area contributed by atoms with E-state index < -0.39 is 21.8 Å². The highest BCUT2D eigenvalue weighted by molar-refractivity contribution is 7.89. The van der Waals surface area contributed by atoms with E-state index in [2.05, 4.69) is 10.2 Å². The third kappa shape index (κ3) is 4.36. The number of halogens is 3. The molecule has 0 spiro atoms. The molecule has 1 amide bonds. The summed E-state index contributed by atoms with van der Waals surface area (Å²) in [6, 6.07) is 12.4. The molecule has 1 aliphatic rings. The molecule has 0 radical (unpaired) electrons. The highest BCUT2D eigenvalue weighted by atomic mass is 32.2. The maximum Gasteiger partial charge on any atom is 0.416 e. The van der Waals surface area contributed by atoms with E-state index in [1.807, 2.05) is 18.2 Å². The number of aromatic nitrogens is 3. The molecule has 2 heterocycles. The number of alkyl halides is 3. The minimum atomic E-state index is -4.55. The molecule has 0 saturated carbocycles. The fraction of sp³-hybridized carbons (Fsp3) is 0.250. The van der Waals surface area contributed by atoms with Crippen LogP contribution < -0.4 is 0 Å². The van der Waals surface area contributed by atoms with Crippen molar-refractivity contribution in [3.8, 4) is 5.69 Å². The Morgan fingerprint density at radius 2 is 1.53 bits per heavy atom. The Bertz CT molecular complexity index is 1200. The lowest BCUT2D eigenvalue weighted by Gasteiger charge is -2.33. The number of benzene rings is 2. The van der Waals surface area contributed by atoms with Crippen molar-refractivity contribution in [1.82, 2.24) is 24.2 Å². The average molecular weight is 465 g/mol. The molecule has 0 N–H and O–H groups in total. The summed E-state index contributed by atoms with van der Waals surface area (Å²) in [6.07, 6.45) is -3.20. The van der Waals surface area contributed by atoms with Crippen molar-refractivity contribution >= 4 is 15.9 Å². The number of rotatable bonds is 4. The monoisotopic (exact) mass is 465 g/mol. The van der Waals surface area contributed by atoms with Crippen LogP contribution in [0, 0.1) is 0 Å². The van der Waals surface area contributed by atoms with Crippen molar-refractivity contribution in [3.63, 3.8) is 0 Å². The van der Waals surface area contributed by atoms with E-state index in [9.17, 15) is 26.4 Å². The molecule has 32 heavy (non-hydrogen) atoms. The second-order valence-corrected chi connectivity index (χ2v) is 9.01. The van der Waals surface area contributed by atoms with Gasteiger partial charge in [0.2, 0.25) is 10.0 Å². The zero-order valence-corrected chi connectivity index (χ0v) is 17.4. The molecule has 8 nitrogen and oxygen atoms in total. The molecule has 1 aliphatic heterocycles. The maximum absolute atomic E-state index is 12.8. The lowest BCUT2D eigenvalue weighted by Crippen LogP contribution is -2.50. The highest BCUT2D eigenvalue weighted by Crippen LogP contribution is 2.30. The number of carbonyl (C=O) groups is 1. The summed E-state index contributed by atoms with van der Waals surface area (Å²) in [7, 11) is -3.97. The number of piperazine rings is 1. The van der Waals surface area contributed by atoms with Gasteiger partial charge in [-0.25, -0.2) is 8.42 Å². The van der Waals surface area contributed by atoms with Crippen molar-refractivity contribution in [1.29, 1.82) is 0 Å². The van der Waals surface area contributed by atoms with Gasteiger partial charge in [-0.3, -0.25) is 4.79 Å². The summed E-state index contributed by atoms with van der Waals surface area (Å²) >= 11 is 0. The first-order valence-electron chi connectivity index (χ1n) is 9.61. The summed E-state index contributed by atoms with van der Waals surface area (Å²) in [5, 5.41) is 8.28. The van der Waals surface area contributed by atoms with Crippen molar-refractivity contribution in [3.05, 3.63) is 72.1 Å². The van der Waals surface area contributed by atoms with Gasteiger partial charge in [-0.2, -0.15) is 27.4 Å². The van der Waals surface area contributed by atoms with E-state index in [1.165, 1.54) is 15.9 Å². The predicted molar refractivity (Wildman–Crippen MR) is 107 cm³/mol. The van der Waals surface area contributed by atoms with Crippen LogP contribution in [0.1, 0.15) is 16.1 Å². The van der Waals surface area contributed by atoms with E-state index in [4.69, 9.17) is 0 Å². The van der Waals surface area contributed by atoms with Gasteiger partial charge >= 0.3 is 6.18 Å². The zero-order chi connectivity index (χ0) is 22.9. The Hall–Kier alpha value is -3.25. The summed E-state index contributed by atoms with van der Waals surface area (Å²) in [6.45, 7) is 0.275. The quantitative estimate of drug-likeness (QED) is 0.591. The normalized spacial score (nSPS) is 15.7. The smallest absolute Gasteiger partial charge is 0.335 e. The first-order chi connectivity index (χ1) is 15.2. The molecule has 0 unspecified atom stereocenters. The van der Waals surface area contributed by atoms with Crippen molar-refractivity contribution in [2.75, 3.05) is 26.2 Å². The van der Waals surface area contributed by atoms with Crippen LogP contribution in [0.2, 0.25) is 0 Å². The van der Waals surface area contributed by atoms with E-state index in [1.54, 1.807) is 12.1 Å². The third-order valence-corrected chi connectivity index (χ3v) is 6.96. The highest BCUT2D eigenvalue weighted by Gasteiger charge is 2.33. The molecule has 1 aromatic heterocycles. The molecule has 3 aromatic rings. The minimum Gasteiger partial charge on any atom is -0.335 e. The molecule has 2 aromatic carbocycles. The van der Waals surface area contributed by atoms with Gasteiger partial charge in [0.25, 0.3) is 5.91 Å². The number of hydrogen-bond acceptors (Lipinski definition) is 5. The maximum atomic E-state index is 12.8. The van der Waals surface area contributed by atoms with Crippen LogP contribution >= 0.6 is 0 Å². The lowest BCUT2D eigenvalue weighted by molar-refractivity contribution is -0.137. The van der Waals surface area contributed by atoms with Gasteiger partial charge in [-0.15, -0.1) is 5.10 Å². The minimum absolute atomic E-state index is 0.0158. The van der Waals surface area contributed by atoms with Crippen LogP contribution in [0.3, 0.4) is 0 Å². The van der Waals surface area contributed by atoms with E-state index >= 15 is 0 Å². The number of sulfonamides is 1. The standard InChI is InChI=1S/C20H18F3N5O3S/c21-20(22,23)15-6-8-17(9-7-15)32(30,31)27-12-10-26(11-13-27)19(29)18-14-24-28(25-18)16-4-2-1-3-5-16/h1-9,14H,10-13H2. The fourth-order valence-electron chi connectivity index (χ4n) is 3.31. The topological polar surface area (TPSA) is 88.4 Å². The van der Waals surface area contributed by atoms with Crippen molar-refractivity contribution < 1.29 is 26.4 Å². The van der Waals surface area contributed by atoms with Gasteiger partial charge < -0.3 is 4.90 Å². The molecular weight excluding hydrogens is 447 g/mol. The largest absolute Gasteiger partial charge is 0.416 e. The van der Waals surface area contributed by atoms with Crippen LogP contribution in [0.25, 0.3) is 5.69 Å².